The number of anilines is 4. The van der Waals surface area contributed by atoms with Crippen LogP contribution in [-0.2, 0) is 0 Å². The average Bonchev–Trinajstić information content (AvgIpc) is 2.96. The molecule has 38 heavy (non-hydrogen) atoms. The first-order valence-electron chi connectivity index (χ1n) is 13.1. The summed E-state index contributed by atoms with van der Waals surface area (Å²) >= 11 is 0. The van der Waals surface area contributed by atoms with Crippen molar-refractivity contribution in [1.29, 1.82) is 0 Å². The van der Waals surface area contributed by atoms with Gasteiger partial charge in [-0.15, -0.1) is 0 Å². The van der Waals surface area contributed by atoms with E-state index in [1.54, 1.807) is 0 Å². The molecule has 4 N–H and O–H groups in total. The van der Waals surface area contributed by atoms with Crippen LogP contribution in [0.25, 0.3) is 0 Å². The fourth-order valence-corrected chi connectivity index (χ4v) is 4.13. The molecule has 0 bridgehead atoms. The van der Waals surface area contributed by atoms with Gasteiger partial charge in [-0.2, -0.15) is 0 Å². The van der Waals surface area contributed by atoms with Gasteiger partial charge in [0.05, 0.1) is 22.5 Å². The summed E-state index contributed by atoms with van der Waals surface area (Å²) in [7, 11) is 0. The zero-order valence-corrected chi connectivity index (χ0v) is 21.5. The number of hydrogen-bond acceptors (Lipinski definition) is 4. The summed E-state index contributed by atoms with van der Waals surface area (Å²) in [6, 6.07) is 34.7. The Balaban J connectivity index is 1.14. The number of carbonyl (C=O) groups excluding carboxylic acids is 2. The van der Waals surface area contributed by atoms with E-state index >= 15 is 0 Å². The zero-order valence-electron chi connectivity index (χ0n) is 21.5. The van der Waals surface area contributed by atoms with Crippen LogP contribution in [0, 0.1) is 0 Å². The number of nitrogens with one attached hydrogen (secondary N) is 4. The van der Waals surface area contributed by atoms with E-state index < -0.39 is 0 Å². The smallest absolute Gasteiger partial charge is 0.253 e. The van der Waals surface area contributed by atoms with Crippen molar-refractivity contribution in [2.75, 3.05) is 23.7 Å². The number of para-hydroxylation sites is 4. The van der Waals surface area contributed by atoms with E-state index in [0.717, 1.165) is 48.4 Å². The van der Waals surface area contributed by atoms with Crippen molar-refractivity contribution in [3.8, 4) is 0 Å². The van der Waals surface area contributed by atoms with Crippen molar-refractivity contribution < 1.29 is 9.59 Å². The molecule has 194 valence electrons. The molecule has 0 aliphatic rings. The van der Waals surface area contributed by atoms with Crippen molar-refractivity contribution >= 4 is 34.6 Å². The Kier molecular flexibility index (Phi) is 9.92. The largest absolute Gasteiger partial charge is 0.355 e. The molecule has 0 spiro atoms. The molecule has 6 nitrogen and oxygen atoms in total. The van der Waals surface area contributed by atoms with Crippen molar-refractivity contribution in [1.82, 2.24) is 10.6 Å². The van der Waals surface area contributed by atoms with E-state index in [4.69, 9.17) is 0 Å². The molecule has 4 rings (SSSR count). The highest BCUT2D eigenvalue weighted by molar-refractivity contribution is 6.01. The van der Waals surface area contributed by atoms with Crippen LogP contribution in [0.15, 0.2) is 109 Å². The minimum Gasteiger partial charge on any atom is -0.355 e. The quantitative estimate of drug-likeness (QED) is 0.149. The maximum atomic E-state index is 12.7. The van der Waals surface area contributed by atoms with Gasteiger partial charge in [0.1, 0.15) is 0 Å². The molecule has 4 aromatic carbocycles. The third-order valence-corrected chi connectivity index (χ3v) is 6.12. The summed E-state index contributed by atoms with van der Waals surface area (Å²) in [6.45, 7) is 1.23. The van der Waals surface area contributed by atoms with Crippen molar-refractivity contribution in [2.45, 2.75) is 25.7 Å². The lowest BCUT2D eigenvalue weighted by Gasteiger charge is -2.13. The molecule has 0 saturated carbocycles. The standard InChI is InChI=1S/C32H34N4O2/c37-31(27-19-9-11-21-29(27)35-25-15-5-3-6-16-25)33-23-13-1-2-14-24-34-32(38)28-20-10-12-22-30(28)36-26-17-7-4-8-18-26/h3-12,15-22,35-36H,1-2,13-14,23-24H2,(H,33,37)(H,34,38). The number of carbonyl (C=O) groups is 2. The molecular formula is C32H34N4O2. The van der Waals surface area contributed by atoms with E-state index in [1.807, 2.05) is 109 Å². The summed E-state index contributed by atoms with van der Waals surface area (Å²) in [5.74, 6) is -0.168. The highest BCUT2D eigenvalue weighted by atomic mass is 16.2. The summed E-state index contributed by atoms with van der Waals surface area (Å²) in [5.41, 5.74) is 4.70. The second-order valence-corrected chi connectivity index (χ2v) is 9.00. The Hall–Kier alpha value is -4.58. The Morgan fingerprint density at radius 3 is 1.24 bits per heavy atom. The predicted octanol–water partition coefficient (Wildman–Crippen LogP) is 6.89. The van der Waals surface area contributed by atoms with Gasteiger partial charge in [-0.25, -0.2) is 0 Å². The first-order chi connectivity index (χ1) is 18.7. The topological polar surface area (TPSA) is 82.3 Å². The minimum atomic E-state index is -0.0842. The molecule has 0 heterocycles. The number of unbranched alkanes of at least 4 members (excludes halogenated alkanes) is 3. The van der Waals surface area contributed by atoms with Gasteiger partial charge in [0.25, 0.3) is 11.8 Å². The van der Waals surface area contributed by atoms with Crippen LogP contribution < -0.4 is 21.3 Å². The van der Waals surface area contributed by atoms with Crippen LogP contribution in [0.5, 0.6) is 0 Å². The summed E-state index contributed by atoms with van der Waals surface area (Å²) in [4.78, 5) is 25.5. The van der Waals surface area contributed by atoms with Gasteiger partial charge in [-0.3, -0.25) is 9.59 Å². The number of rotatable bonds is 13. The number of benzene rings is 4. The van der Waals surface area contributed by atoms with Crippen LogP contribution in [0.2, 0.25) is 0 Å². The molecule has 0 fully saturated rings. The molecule has 6 heteroatoms. The Morgan fingerprint density at radius 2 is 0.816 bits per heavy atom. The van der Waals surface area contributed by atoms with E-state index in [2.05, 4.69) is 21.3 Å². The first kappa shape index (κ1) is 26.5. The second kappa shape index (κ2) is 14.2. The van der Waals surface area contributed by atoms with Gasteiger partial charge in [-0.1, -0.05) is 73.5 Å². The highest BCUT2D eigenvalue weighted by Gasteiger charge is 2.12. The zero-order chi connectivity index (χ0) is 26.4. The number of hydrogen-bond donors (Lipinski definition) is 4. The van der Waals surface area contributed by atoms with Crippen LogP contribution in [0.1, 0.15) is 46.4 Å². The van der Waals surface area contributed by atoms with E-state index in [1.165, 1.54) is 0 Å². The molecule has 0 saturated heterocycles. The molecule has 0 aliphatic carbocycles. The average molecular weight is 507 g/mol. The van der Waals surface area contributed by atoms with E-state index in [-0.39, 0.29) is 11.8 Å². The van der Waals surface area contributed by atoms with Crippen LogP contribution in [0.4, 0.5) is 22.7 Å². The Labute approximate surface area is 224 Å². The van der Waals surface area contributed by atoms with Gasteiger partial charge in [0.15, 0.2) is 0 Å². The van der Waals surface area contributed by atoms with Gasteiger partial charge in [-0.05, 0) is 61.4 Å². The van der Waals surface area contributed by atoms with Gasteiger partial charge in [0, 0.05) is 24.5 Å². The summed E-state index contributed by atoms with van der Waals surface area (Å²) in [5, 5.41) is 12.7. The van der Waals surface area contributed by atoms with Crippen LogP contribution in [-0.4, -0.2) is 24.9 Å². The molecule has 0 atom stereocenters. The predicted molar refractivity (Wildman–Crippen MR) is 155 cm³/mol. The molecular weight excluding hydrogens is 472 g/mol. The highest BCUT2D eigenvalue weighted by Crippen LogP contribution is 2.22. The molecule has 0 aliphatic heterocycles. The van der Waals surface area contributed by atoms with Gasteiger partial charge in [0.2, 0.25) is 0 Å². The lowest BCUT2D eigenvalue weighted by molar-refractivity contribution is 0.0944. The summed E-state index contributed by atoms with van der Waals surface area (Å²) < 4.78 is 0. The molecule has 4 aromatic rings. The van der Waals surface area contributed by atoms with Crippen molar-refractivity contribution in [3.05, 3.63) is 120 Å². The maximum absolute atomic E-state index is 12.7. The first-order valence-corrected chi connectivity index (χ1v) is 13.1. The monoisotopic (exact) mass is 506 g/mol. The normalized spacial score (nSPS) is 10.4. The van der Waals surface area contributed by atoms with Gasteiger partial charge >= 0.3 is 0 Å². The fraction of sp³-hybridized carbons (Fsp3) is 0.188. The molecule has 0 radical (unpaired) electrons. The maximum Gasteiger partial charge on any atom is 0.253 e. The van der Waals surface area contributed by atoms with E-state index in [0.29, 0.717) is 24.2 Å². The third kappa shape index (κ3) is 7.96. The van der Waals surface area contributed by atoms with Crippen LogP contribution >= 0.6 is 0 Å². The lowest BCUT2D eigenvalue weighted by atomic mass is 10.1. The molecule has 2 amide bonds. The number of amides is 2. The Morgan fingerprint density at radius 1 is 0.447 bits per heavy atom. The van der Waals surface area contributed by atoms with Crippen LogP contribution in [0.3, 0.4) is 0 Å². The SMILES string of the molecule is O=C(NCCCCCCNC(=O)c1ccccc1Nc1ccccc1)c1ccccc1Nc1ccccc1. The van der Waals surface area contributed by atoms with E-state index in [9.17, 15) is 9.59 Å². The van der Waals surface area contributed by atoms with Crippen molar-refractivity contribution in [3.63, 3.8) is 0 Å². The van der Waals surface area contributed by atoms with Gasteiger partial charge < -0.3 is 21.3 Å². The molecule has 0 unspecified atom stereocenters. The second-order valence-electron chi connectivity index (χ2n) is 9.00. The third-order valence-electron chi connectivity index (χ3n) is 6.12. The molecule has 0 aromatic heterocycles. The minimum absolute atomic E-state index is 0.0842. The Bertz CT molecular complexity index is 1210. The fourth-order valence-electron chi connectivity index (χ4n) is 4.13. The summed E-state index contributed by atoms with van der Waals surface area (Å²) in [6.07, 6.45) is 3.73. The lowest BCUT2D eigenvalue weighted by Crippen LogP contribution is -2.26. The van der Waals surface area contributed by atoms with Crippen molar-refractivity contribution in [2.24, 2.45) is 0 Å².